The molecule has 0 unspecified atom stereocenters. The van der Waals surface area contributed by atoms with Gasteiger partial charge >= 0.3 is 0 Å². The highest BCUT2D eigenvalue weighted by molar-refractivity contribution is 7.93. The minimum atomic E-state index is -4.13. The molecule has 7 nitrogen and oxygen atoms in total. The third-order valence-corrected chi connectivity index (χ3v) is 7.04. The molecule has 0 aliphatic carbocycles. The number of unbranched alkanes of at least 4 members (excludes halogenated alkanes) is 2. The highest BCUT2D eigenvalue weighted by atomic mass is 35.5. The highest BCUT2D eigenvalue weighted by Gasteiger charge is 2.22. The number of aromatic nitrogens is 2. The summed E-state index contributed by atoms with van der Waals surface area (Å²) in [7, 11) is -4.13. The van der Waals surface area contributed by atoms with Crippen molar-refractivity contribution in [2.75, 3.05) is 29.7 Å². The third-order valence-electron chi connectivity index (χ3n) is 4.66. The molecule has 154 valence electrons. The Morgan fingerprint density at radius 2 is 2.18 bits per heavy atom. The number of nitrogens with one attached hydrogen (secondary N) is 3. The zero-order chi connectivity index (χ0) is 20.0. The number of hydrogen-bond acceptors (Lipinski definition) is 7. The van der Waals surface area contributed by atoms with Gasteiger partial charge in [-0.3, -0.25) is 4.72 Å². The van der Waals surface area contributed by atoms with Gasteiger partial charge < -0.3 is 10.6 Å². The summed E-state index contributed by atoms with van der Waals surface area (Å²) < 4.78 is 44.9. The second kappa shape index (κ2) is 9.82. The zero-order valence-corrected chi connectivity index (χ0v) is 17.6. The van der Waals surface area contributed by atoms with E-state index in [4.69, 9.17) is 11.6 Å². The Labute approximate surface area is 173 Å². The van der Waals surface area contributed by atoms with Crippen LogP contribution < -0.4 is 15.4 Å². The first-order valence-corrected chi connectivity index (χ1v) is 11.8. The van der Waals surface area contributed by atoms with Crippen molar-refractivity contribution in [1.29, 1.82) is 0 Å². The van der Waals surface area contributed by atoms with Crippen LogP contribution in [0.15, 0.2) is 23.4 Å². The standard InChI is InChI=1S/C17H23ClFN5O2S2/c18-13-8-16(28(25,26)24-17-22-11-23-27-17)14(19)9-15(13)21-6-3-1-2-4-12-5-7-20-10-12/h8-9,11-12,20-21H,1-7,10H2,(H,22,23,24)/t12-/m1/s1. The van der Waals surface area contributed by atoms with Gasteiger partial charge in [-0.25, -0.2) is 17.8 Å². The number of benzene rings is 1. The van der Waals surface area contributed by atoms with Crippen LogP contribution >= 0.6 is 23.1 Å². The molecule has 1 aromatic heterocycles. The molecular formula is C17H23ClFN5O2S2. The van der Waals surface area contributed by atoms with Crippen LogP contribution in [0.2, 0.25) is 5.02 Å². The van der Waals surface area contributed by atoms with Gasteiger partial charge in [-0.1, -0.05) is 24.4 Å². The van der Waals surface area contributed by atoms with Crippen LogP contribution in [0.5, 0.6) is 0 Å². The molecule has 2 heterocycles. The molecule has 0 radical (unpaired) electrons. The van der Waals surface area contributed by atoms with Crippen LogP contribution in [0.3, 0.4) is 0 Å². The average molecular weight is 448 g/mol. The van der Waals surface area contributed by atoms with Crippen LogP contribution in [0, 0.1) is 11.7 Å². The first-order chi connectivity index (χ1) is 13.5. The van der Waals surface area contributed by atoms with Crippen molar-refractivity contribution in [3.05, 3.63) is 29.3 Å². The Bertz CT molecular complexity index is 874. The molecule has 1 saturated heterocycles. The topological polar surface area (TPSA) is 96.0 Å². The lowest BCUT2D eigenvalue weighted by molar-refractivity contribution is 0.493. The molecule has 0 bridgehead atoms. The van der Waals surface area contributed by atoms with Crippen LogP contribution in [-0.2, 0) is 10.0 Å². The van der Waals surface area contributed by atoms with E-state index in [9.17, 15) is 12.8 Å². The number of rotatable bonds is 10. The molecule has 3 N–H and O–H groups in total. The molecule has 28 heavy (non-hydrogen) atoms. The molecule has 1 aromatic carbocycles. The fourth-order valence-corrected chi connectivity index (χ4v) is 5.22. The Balaban J connectivity index is 1.51. The number of nitrogens with zero attached hydrogens (tertiary/aromatic N) is 2. The number of hydrogen-bond donors (Lipinski definition) is 3. The van der Waals surface area contributed by atoms with Crippen molar-refractivity contribution >= 4 is 44.0 Å². The minimum absolute atomic E-state index is 0.0612. The van der Waals surface area contributed by atoms with E-state index < -0.39 is 20.7 Å². The van der Waals surface area contributed by atoms with E-state index >= 15 is 0 Å². The van der Waals surface area contributed by atoms with Crippen LogP contribution in [0.25, 0.3) is 0 Å². The minimum Gasteiger partial charge on any atom is -0.384 e. The molecule has 0 spiro atoms. The summed E-state index contributed by atoms with van der Waals surface area (Å²) in [5.41, 5.74) is 0.383. The molecule has 0 amide bonds. The normalized spacial score (nSPS) is 17.0. The first-order valence-electron chi connectivity index (χ1n) is 9.19. The summed E-state index contributed by atoms with van der Waals surface area (Å²) in [5, 5.41) is 6.67. The molecule has 2 aromatic rings. The Morgan fingerprint density at radius 1 is 1.32 bits per heavy atom. The highest BCUT2D eigenvalue weighted by Crippen LogP contribution is 2.29. The maximum atomic E-state index is 14.4. The van der Waals surface area contributed by atoms with Gasteiger partial charge in [-0.15, -0.1) is 0 Å². The van der Waals surface area contributed by atoms with Crippen LogP contribution in [-0.4, -0.2) is 37.4 Å². The molecule has 0 saturated carbocycles. The molecule has 1 aliphatic rings. The SMILES string of the molecule is O=S(=O)(Nc1ncns1)c1cc(Cl)c(NCCCCC[C@@H]2CCNC2)cc1F. The van der Waals surface area contributed by atoms with E-state index in [1.165, 1.54) is 25.6 Å². The van der Waals surface area contributed by atoms with Crippen molar-refractivity contribution < 1.29 is 12.8 Å². The summed E-state index contributed by atoms with van der Waals surface area (Å²) in [6, 6.07) is 2.22. The van der Waals surface area contributed by atoms with Crippen molar-refractivity contribution in [3.8, 4) is 0 Å². The largest absolute Gasteiger partial charge is 0.384 e. The van der Waals surface area contributed by atoms with Crippen molar-refractivity contribution in [2.45, 2.75) is 37.0 Å². The van der Waals surface area contributed by atoms with Gasteiger partial charge in [-0.2, -0.15) is 4.37 Å². The van der Waals surface area contributed by atoms with Gasteiger partial charge in [0.2, 0.25) is 5.13 Å². The van der Waals surface area contributed by atoms with Gasteiger partial charge in [0.15, 0.2) is 0 Å². The van der Waals surface area contributed by atoms with Crippen LogP contribution in [0.1, 0.15) is 32.1 Å². The predicted octanol–water partition coefficient (Wildman–Crippen LogP) is 3.71. The molecule has 3 rings (SSSR count). The maximum absolute atomic E-state index is 14.4. The molecule has 1 fully saturated rings. The van der Waals surface area contributed by atoms with Gasteiger partial charge in [0, 0.05) is 18.1 Å². The second-order valence-electron chi connectivity index (χ2n) is 6.75. The second-order valence-corrected chi connectivity index (χ2v) is 9.59. The summed E-state index contributed by atoms with van der Waals surface area (Å²) in [4.78, 5) is 3.21. The molecular weight excluding hydrogens is 425 g/mol. The van der Waals surface area contributed by atoms with E-state index in [-0.39, 0.29) is 10.2 Å². The van der Waals surface area contributed by atoms with Gasteiger partial charge in [0.25, 0.3) is 10.0 Å². The van der Waals surface area contributed by atoms with E-state index in [2.05, 4.69) is 24.7 Å². The van der Waals surface area contributed by atoms with Crippen LogP contribution in [0.4, 0.5) is 15.2 Å². The number of sulfonamides is 1. The van der Waals surface area contributed by atoms with E-state index in [0.29, 0.717) is 12.2 Å². The number of anilines is 2. The Kier molecular flexibility index (Phi) is 7.44. The van der Waals surface area contributed by atoms with Gasteiger partial charge in [0.05, 0.1) is 10.7 Å². The van der Waals surface area contributed by atoms with Gasteiger partial charge in [0.1, 0.15) is 17.0 Å². The maximum Gasteiger partial charge on any atom is 0.266 e. The summed E-state index contributed by atoms with van der Waals surface area (Å²) in [6.07, 6.45) is 6.90. The van der Waals surface area contributed by atoms with Crippen molar-refractivity contribution in [2.24, 2.45) is 5.92 Å². The van der Waals surface area contributed by atoms with Crippen molar-refractivity contribution in [3.63, 3.8) is 0 Å². The quantitative estimate of drug-likeness (QED) is 0.480. The lowest BCUT2D eigenvalue weighted by Gasteiger charge is -2.12. The fourth-order valence-electron chi connectivity index (χ4n) is 3.18. The van der Waals surface area contributed by atoms with Gasteiger partial charge in [-0.05, 0) is 50.4 Å². The summed E-state index contributed by atoms with van der Waals surface area (Å²) in [6.45, 7) is 2.89. The summed E-state index contributed by atoms with van der Waals surface area (Å²) >= 11 is 7.02. The molecule has 1 aliphatic heterocycles. The monoisotopic (exact) mass is 447 g/mol. The Morgan fingerprint density at radius 3 is 2.89 bits per heavy atom. The van der Waals surface area contributed by atoms with E-state index in [1.54, 1.807) is 0 Å². The first kappa shape index (κ1) is 21.2. The molecule has 1 atom stereocenters. The predicted molar refractivity (Wildman–Crippen MR) is 110 cm³/mol. The average Bonchev–Trinajstić information content (AvgIpc) is 3.34. The third kappa shape index (κ3) is 5.76. The number of halogens is 2. The lowest BCUT2D eigenvalue weighted by Crippen LogP contribution is -2.15. The zero-order valence-electron chi connectivity index (χ0n) is 15.2. The lowest BCUT2D eigenvalue weighted by atomic mass is 10.0. The fraction of sp³-hybridized carbons (Fsp3) is 0.529. The Hall–Kier alpha value is -1.49. The van der Waals surface area contributed by atoms with E-state index in [0.717, 1.165) is 55.5 Å². The molecule has 11 heteroatoms. The van der Waals surface area contributed by atoms with Crippen molar-refractivity contribution in [1.82, 2.24) is 14.7 Å². The summed E-state index contributed by atoms with van der Waals surface area (Å²) in [5.74, 6) is -0.0857. The van der Waals surface area contributed by atoms with E-state index in [1.807, 2.05) is 0 Å². The smallest absolute Gasteiger partial charge is 0.266 e.